The summed E-state index contributed by atoms with van der Waals surface area (Å²) in [6, 6.07) is 11.6. The first-order chi connectivity index (χ1) is 11.7. The molecule has 3 rings (SSSR count). The minimum atomic E-state index is -0.212. The molecule has 3 aromatic rings. The van der Waals surface area contributed by atoms with Crippen molar-refractivity contribution in [3.8, 4) is 0 Å². The summed E-state index contributed by atoms with van der Waals surface area (Å²) in [4.78, 5) is 18.2. The van der Waals surface area contributed by atoms with Crippen LogP contribution in [0.25, 0.3) is 10.9 Å². The van der Waals surface area contributed by atoms with Crippen LogP contribution in [0, 0.1) is 6.92 Å². The van der Waals surface area contributed by atoms with Crippen molar-refractivity contribution >= 4 is 34.4 Å². The molecular formula is C19H19N3OS. The number of aromatic nitrogens is 1. The van der Waals surface area contributed by atoms with Gasteiger partial charge in [0.25, 0.3) is 5.91 Å². The van der Waals surface area contributed by atoms with Crippen molar-refractivity contribution in [3.63, 3.8) is 0 Å². The summed E-state index contributed by atoms with van der Waals surface area (Å²) in [5.74, 6) is -0.212. The number of nitrogens with one attached hydrogen (secondary N) is 1. The summed E-state index contributed by atoms with van der Waals surface area (Å²) in [6.45, 7) is 4.12. The van der Waals surface area contributed by atoms with E-state index in [9.17, 15) is 4.79 Å². The lowest BCUT2D eigenvalue weighted by molar-refractivity contribution is 0.0956. The third-order valence-electron chi connectivity index (χ3n) is 3.77. The number of amides is 1. The van der Waals surface area contributed by atoms with E-state index in [4.69, 9.17) is 0 Å². The number of benzene rings is 1. The Labute approximate surface area is 145 Å². The highest BCUT2D eigenvalue weighted by atomic mass is 32.1. The van der Waals surface area contributed by atoms with E-state index in [0.717, 1.165) is 39.9 Å². The Morgan fingerprint density at radius 2 is 2.17 bits per heavy atom. The third-order valence-corrected chi connectivity index (χ3v) is 4.72. The van der Waals surface area contributed by atoms with Crippen molar-refractivity contribution in [1.29, 1.82) is 0 Å². The molecular weight excluding hydrogens is 318 g/mol. The normalized spacial score (nSPS) is 11.2. The van der Waals surface area contributed by atoms with Crippen LogP contribution < -0.4 is 5.43 Å². The van der Waals surface area contributed by atoms with Crippen molar-refractivity contribution in [2.75, 3.05) is 0 Å². The van der Waals surface area contributed by atoms with Crippen LogP contribution in [-0.2, 0) is 6.42 Å². The van der Waals surface area contributed by atoms with Gasteiger partial charge in [-0.25, -0.2) is 5.43 Å². The van der Waals surface area contributed by atoms with Crippen LogP contribution in [0.4, 0.5) is 0 Å². The molecule has 122 valence electrons. The number of nitrogens with zero attached hydrogens (tertiary/aromatic N) is 2. The standard InChI is InChI=1S/C19H19N3OS/c1-3-6-14-11-16(15-7-4-5-8-17(15)21-14)19(23)22-20-12-18-13(2)9-10-24-18/h4-5,7-12H,3,6H2,1-2H3,(H,22,23)/b20-12-. The highest BCUT2D eigenvalue weighted by Crippen LogP contribution is 2.19. The van der Waals surface area contributed by atoms with Crippen molar-refractivity contribution in [1.82, 2.24) is 10.4 Å². The Bertz CT molecular complexity index is 899. The van der Waals surface area contributed by atoms with Gasteiger partial charge in [-0.3, -0.25) is 9.78 Å². The van der Waals surface area contributed by atoms with Crippen LogP contribution in [0.3, 0.4) is 0 Å². The minimum Gasteiger partial charge on any atom is -0.267 e. The first-order valence-electron chi connectivity index (χ1n) is 7.95. The lowest BCUT2D eigenvalue weighted by Gasteiger charge is -2.08. The van der Waals surface area contributed by atoms with E-state index in [-0.39, 0.29) is 5.91 Å². The second-order valence-electron chi connectivity index (χ2n) is 5.60. The van der Waals surface area contributed by atoms with Crippen LogP contribution in [0.5, 0.6) is 0 Å². The molecule has 0 aliphatic heterocycles. The first kappa shape index (κ1) is 16.3. The zero-order chi connectivity index (χ0) is 16.9. The second kappa shape index (κ2) is 7.36. The monoisotopic (exact) mass is 337 g/mol. The van der Waals surface area contributed by atoms with E-state index in [0.29, 0.717) is 5.56 Å². The van der Waals surface area contributed by atoms with E-state index < -0.39 is 0 Å². The average Bonchev–Trinajstić information content (AvgIpc) is 2.99. The molecule has 0 fully saturated rings. The zero-order valence-corrected chi connectivity index (χ0v) is 14.6. The molecule has 0 radical (unpaired) electrons. The first-order valence-corrected chi connectivity index (χ1v) is 8.83. The lowest BCUT2D eigenvalue weighted by atomic mass is 10.1. The number of carbonyl (C=O) groups excluding carboxylic acids is 1. The highest BCUT2D eigenvalue weighted by molar-refractivity contribution is 7.11. The van der Waals surface area contributed by atoms with E-state index in [1.807, 2.05) is 48.7 Å². The maximum atomic E-state index is 12.6. The van der Waals surface area contributed by atoms with Crippen LogP contribution in [0.15, 0.2) is 46.9 Å². The zero-order valence-electron chi connectivity index (χ0n) is 13.7. The molecule has 2 heterocycles. The van der Waals surface area contributed by atoms with Crippen molar-refractivity contribution in [2.45, 2.75) is 26.7 Å². The van der Waals surface area contributed by atoms with Crippen LogP contribution in [0.1, 0.15) is 39.8 Å². The predicted octanol–water partition coefficient (Wildman–Crippen LogP) is 4.32. The minimum absolute atomic E-state index is 0.212. The van der Waals surface area contributed by atoms with Gasteiger partial charge in [0.15, 0.2) is 0 Å². The van der Waals surface area contributed by atoms with Gasteiger partial charge in [0, 0.05) is 16.0 Å². The molecule has 0 saturated heterocycles. The largest absolute Gasteiger partial charge is 0.272 e. The summed E-state index contributed by atoms with van der Waals surface area (Å²) in [6.07, 6.45) is 3.53. The molecule has 4 nitrogen and oxygen atoms in total. The smallest absolute Gasteiger partial charge is 0.267 e. The molecule has 0 aliphatic rings. The summed E-state index contributed by atoms with van der Waals surface area (Å²) in [5.41, 5.74) is 6.17. The number of rotatable bonds is 5. The number of para-hydroxylation sites is 1. The molecule has 5 heteroatoms. The summed E-state index contributed by atoms with van der Waals surface area (Å²) in [5, 5.41) is 6.95. The molecule has 0 saturated carbocycles. The lowest BCUT2D eigenvalue weighted by Crippen LogP contribution is -2.18. The topological polar surface area (TPSA) is 54.4 Å². The average molecular weight is 337 g/mol. The molecule has 24 heavy (non-hydrogen) atoms. The van der Waals surface area contributed by atoms with Crippen molar-refractivity contribution in [2.24, 2.45) is 5.10 Å². The molecule has 0 atom stereocenters. The summed E-state index contributed by atoms with van der Waals surface area (Å²) in [7, 11) is 0. The summed E-state index contributed by atoms with van der Waals surface area (Å²) >= 11 is 1.60. The van der Waals surface area contributed by atoms with Gasteiger partial charge in [0.1, 0.15) is 0 Å². The van der Waals surface area contributed by atoms with E-state index in [2.05, 4.69) is 22.4 Å². The van der Waals surface area contributed by atoms with Gasteiger partial charge in [-0.05, 0) is 42.5 Å². The number of carbonyl (C=O) groups is 1. The maximum Gasteiger partial charge on any atom is 0.272 e. The van der Waals surface area contributed by atoms with Crippen molar-refractivity contribution < 1.29 is 4.79 Å². The molecule has 0 spiro atoms. The van der Waals surface area contributed by atoms with Gasteiger partial charge in [0.2, 0.25) is 0 Å². The van der Waals surface area contributed by atoms with E-state index >= 15 is 0 Å². The van der Waals surface area contributed by atoms with Gasteiger partial charge >= 0.3 is 0 Å². The van der Waals surface area contributed by atoms with Gasteiger partial charge in [-0.2, -0.15) is 5.10 Å². The quantitative estimate of drug-likeness (QED) is 0.557. The Morgan fingerprint density at radius 1 is 1.33 bits per heavy atom. The second-order valence-corrected chi connectivity index (χ2v) is 6.54. The summed E-state index contributed by atoms with van der Waals surface area (Å²) < 4.78 is 0. The Kier molecular flexibility index (Phi) is 5.01. The number of thiophene rings is 1. The van der Waals surface area contributed by atoms with E-state index in [1.165, 1.54) is 0 Å². The third kappa shape index (κ3) is 3.51. The fraction of sp³-hybridized carbons (Fsp3) is 0.211. The number of fused-ring (bicyclic) bond motifs is 1. The van der Waals surface area contributed by atoms with Gasteiger partial charge in [-0.1, -0.05) is 31.5 Å². The number of hydrogen-bond donors (Lipinski definition) is 1. The molecule has 1 amide bonds. The maximum absolute atomic E-state index is 12.6. The molecule has 0 bridgehead atoms. The van der Waals surface area contributed by atoms with E-state index in [1.54, 1.807) is 17.6 Å². The molecule has 2 aromatic heterocycles. The number of aryl methyl sites for hydroxylation is 2. The Morgan fingerprint density at radius 3 is 2.92 bits per heavy atom. The Balaban J connectivity index is 1.88. The van der Waals surface area contributed by atoms with Crippen LogP contribution >= 0.6 is 11.3 Å². The highest BCUT2D eigenvalue weighted by Gasteiger charge is 2.12. The molecule has 0 aliphatic carbocycles. The molecule has 1 N–H and O–H groups in total. The Hall–Kier alpha value is -2.53. The number of pyridine rings is 1. The van der Waals surface area contributed by atoms with Gasteiger partial charge < -0.3 is 0 Å². The number of hydrazone groups is 1. The predicted molar refractivity (Wildman–Crippen MR) is 99.9 cm³/mol. The van der Waals surface area contributed by atoms with Crippen molar-refractivity contribution in [3.05, 3.63) is 63.5 Å². The van der Waals surface area contributed by atoms with Crippen LogP contribution in [0.2, 0.25) is 0 Å². The van der Waals surface area contributed by atoms with Gasteiger partial charge in [-0.15, -0.1) is 11.3 Å². The van der Waals surface area contributed by atoms with Crippen LogP contribution in [-0.4, -0.2) is 17.1 Å². The fourth-order valence-electron chi connectivity index (χ4n) is 2.53. The molecule has 1 aromatic carbocycles. The van der Waals surface area contributed by atoms with Gasteiger partial charge in [0.05, 0.1) is 17.3 Å². The molecule has 0 unspecified atom stereocenters. The number of hydrogen-bond acceptors (Lipinski definition) is 4. The fourth-order valence-corrected chi connectivity index (χ4v) is 3.32. The SMILES string of the molecule is CCCc1cc(C(=O)N/N=C\c2sccc2C)c2ccccc2n1.